The lowest BCUT2D eigenvalue weighted by Crippen LogP contribution is -2.10. The lowest BCUT2D eigenvalue weighted by Gasteiger charge is -2.17. The molecule has 0 heterocycles. The fourth-order valence-corrected chi connectivity index (χ4v) is 2.78. The Labute approximate surface area is 110 Å². The summed E-state index contributed by atoms with van der Waals surface area (Å²) in [5.74, 6) is -0.223. The molecule has 1 nitrogen and oxygen atoms in total. The Morgan fingerprint density at radius 2 is 2.00 bits per heavy atom. The highest BCUT2D eigenvalue weighted by molar-refractivity contribution is 9.09. The minimum Gasteiger partial charge on any atom is -0.298 e. The van der Waals surface area contributed by atoms with Crippen LogP contribution >= 0.6 is 27.7 Å². The summed E-state index contributed by atoms with van der Waals surface area (Å²) < 4.78 is 38.3. The number of halogens is 4. The number of thioether (sulfide) groups is 1. The third-order valence-corrected chi connectivity index (χ3v) is 4.19. The van der Waals surface area contributed by atoms with Crippen molar-refractivity contribution in [2.24, 2.45) is 0 Å². The quantitative estimate of drug-likeness (QED) is 0.603. The van der Waals surface area contributed by atoms with Crippen LogP contribution in [-0.4, -0.2) is 12.0 Å². The van der Waals surface area contributed by atoms with Gasteiger partial charge in [-0.2, -0.15) is 13.2 Å². The van der Waals surface area contributed by atoms with Crippen LogP contribution < -0.4 is 0 Å². The summed E-state index contributed by atoms with van der Waals surface area (Å²) in [4.78, 5) is 10.6. The Kier molecular flexibility index (Phi) is 4.66. The zero-order chi connectivity index (χ0) is 13.2. The standard InChI is InChI=1S/C11H10BrF3OS/c1-6(16)9(12)7-4-3-5-8(10(7)17-2)11(13,14)15/h3-5,9H,1-2H3. The Hall–Kier alpha value is -0.490. The van der Waals surface area contributed by atoms with Crippen molar-refractivity contribution in [3.63, 3.8) is 0 Å². The smallest absolute Gasteiger partial charge is 0.298 e. The molecule has 1 aromatic rings. The maximum atomic E-state index is 12.8. The first-order chi connectivity index (χ1) is 7.79. The van der Waals surface area contributed by atoms with Gasteiger partial charge in [0.05, 0.1) is 10.4 Å². The van der Waals surface area contributed by atoms with Crippen LogP contribution in [0, 0.1) is 0 Å². The second-order valence-electron chi connectivity index (χ2n) is 3.40. The highest BCUT2D eigenvalue weighted by Gasteiger charge is 2.35. The number of carbonyl (C=O) groups is 1. The molecule has 0 aromatic heterocycles. The summed E-state index contributed by atoms with van der Waals surface area (Å²) in [5.41, 5.74) is -0.340. The van der Waals surface area contributed by atoms with E-state index < -0.39 is 16.6 Å². The normalized spacial score (nSPS) is 13.5. The zero-order valence-corrected chi connectivity index (χ0v) is 11.5. The molecule has 0 saturated carbocycles. The highest BCUT2D eigenvalue weighted by atomic mass is 79.9. The zero-order valence-electron chi connectivity index (χ0n) is 9.14. The number of rotatable bonds is 3. The molecular weight excluding hydrogens is 317 g/mol. The summed E-state index contributed by atoms with van der Waals surface area (Å²) in [6, 6.07) is 3.87. The van der Waals surface area contributed by atoms with Gasteiger partial charge in [-0.1, -0.05) is 28.1 Å². The maximum Gasteiger partial charge on any atom is 0.417 e. The van der Waals surface area contributed by atoms with E-state index in [0.29, 0.717) is 5.56 Å². The monoisotopic (exact) mass is 326 g/mol. The van der Waals surface area contributed by atoms with E-state index in [-0.39, 0.29) is 10.7 Å². The first-order valence-electron chi connectivity index (χ1n) is 4.67. The summed E-state index contributed by atoms with van der Waals surface area (Å²) >= 11 is 4.11. The van der Waals surface area contributed by atoms with Crippen LogP contribution in [0.15, 0.2) is 23.1 Å². The van der Waals surface area contributed by atoms with Gasteiger partial charge in [-0.25, -0.2) is 0 Å². The van der Waals surface area contributed by atoms with Gasteiger partial charge in [0.25, 0.3) is 0 Å². The number of hydrogen-bond donors (Lipinski definition) is 0. The number of Topliss-reactive ketones (excluding diaryl/α,β-unsaturated/α-hetero) is 1. The molecule has 0 N–H and O–H groups in total. The number of benzene rings is 1. The molecule has 0 amide bonds. The van der Waals surface area contributed by atoms with E-state index in [0.717, 1.165) is 17.8 Å². The van der Waals surface area contributed by atoms with E-state index in [1.807, 2.05) is 0 Å². The first-order valence-corrected chi connectivity index (χ1v) is 6.81. The molecule has 0 saturated heterocycles. The minimum atomic E-state index is -4.40. The van der Waals surface area contributed by atoms with E-state index >= 15 is 0 Å². The fourth-order valence-electron chi connectivity index (χ4n) is 1.42. The Morgan fingerprint density at radius 1 is 1.41 bits per heavy atom. The lowest BCUT2D eigenvalue weighted by atomic mass is 10.1. The summed E-state index contributed by atoms with van der Waals surface area (Å²) in [7, 11) is 0. The van der Waals surface area contributed by atoms with Gasteiger partial charge in [-0.3, -0.25) is 4.79 Å². The predicted molar refractivity (Wildman–Crippen MR) is 65.6 cm³/mol. The molecule has 0 fully saturated rings. The molecule has 1 rings (SSSR count). The van der Waals surface area contributed by atoms with Gasteiger partial charge >= 0.3 is 6.18 Å². The topological polar surface area (TPSA) is 17.1 Å². The van der Waals surface area contributed by atoms with Crippen molar-refractivity contribution in [3.8, 4) is 0 Å². The Bertz CT molecular complexity index is 431. The summed E-state index contributed by atoms with van der Waals surface area (Å²) in [6.45, 7) is 1.34. The Balaban J connectivity index is 3.39. The molecule has 0 aliphatic carbocycles. The summed E-state index contributed by atoms with van der Waals surface area (Å²) in [6.07, 6.45) is -2.84. The average Bonchev–Trinajstić information content (AvgIpc) is 2.25. The van der Waals surface area contributed by atoms with Crippen LogP contribution in [0.2, 0.25) is 0 Å². The van der Waals surface area contributed by atoms with Gasteiger partial charge in [0, 0.05) is 4.90 Å². The third kappa shape index (κ3) is 3.25. The number of carbonyl (C=O) groups excluding carboxylic acids is 1. The minimum absolute atomic E-state index is 0.0945. The molecule has 0 spiro atoms. The van der Waals surface area contributed by atoms with Crippen molar-refractivity contribution in [2.75, 3.05) is 6.26 Å². The van der Waals surface area contributed by atoms with Crippen LogP contribution in [-0.2, 0) is 11.0 Å². The molecular formula is C11H10BrF3OS. The Morgan fingerprint density at radius 3 is 2.41 bits per heavy atom. The number of hydrogen-bond acceptors (Lipinski definition) is 2. The van der Waals surface area contributed by atoms with Crippen LogP contribution in [0.1, 0.15) is 22.9 Å². The molecule has 1 atom stereocenters. The highest BCUT2D eigenvalue weighted by Crippen LogP contribution is 2.41. The SMILES string of the molecule is CSc1c(C(Br)C(C)=O)cccc1C(F)(F)F. The fraction of sp³-hybridized carbons (Fsp3) is 0.364. The van der Waals surface area contributed by atoms with Crippen LogP contribution in [0.5, 0.6) is 0 Å². The van der Waals surface area contributed by atoms with Gasteiger partial charge < -0.3 is 0 Å². The van der Waals surface area contributed by atoms with E-state index in [1.165, 1.54) is 19.1 Å². The van der Waals surface area contributed by atoms with Crippen molar-refractivity contribution in [1.29, 1.82) is 0 Å². The van der Waals surface area contributed by atoms with Gasteiger partial charge in [-0.15, -0.1) is 11.8 Å². The lowest BCUT2D eigenvalue weighted by molar-refractivity contribution is -0.140. The van der Waals surface area contributed by atoms with Gasteiger partial charge in [0.1, 0.15) is 5.78 Å². The van der Waals surface area contributed by atoms with E-state index in [1.54, 1.807) is 6.26 Å². The van der Waals surface area contributed by atoms with E-state index in [9.17, 15) is 18.0 Å². The molecule has 0 aliphatic rings. The summed E-state index contributed by atoms with van der Waals surface area (Å²) in [5, 5.41) is 0. The predicted octanol–water partition coefficient (Wildman–Crippen LogP) is 4.45. The molecule has 0 aliphatic heterocycles. The van der Waals surface area contributed by atoms with Crippen molar-refractivity contribution >= 4 is 33.5 Å². The average molecular weight is 327 g/mol. The van der Waals surface area contributed by atoms with Crippen molar-refractivity contribution < 1.29 is 18.0 Å². The molecule has 17 heavy (non-hydrogen) atoms. The van der Waals surface area contributed by atoms with Gasteiger partial charge in [0.15, 0.2) is 0 Å². The van der Waals surface area contributed by atoms with Crippen molar-refractivity contribution in [1.82, 2.24) is 0 Å². The second kappa shape index (κ2) is 5.44. The maximum absolute atomic E-state index is 12.8. The van der Waals surface area contributed by atoms with E-state index in [4.69, 9.17) is 0 Å². The molecule has 94 valence electrons. The third-order valence-electron chi connectivity index (χ3n) is 2.18. The molecule has 1 unspecified atom stereocenters. The molecule has 0 bridgehead atoms. The second-order valence-corrected chi connectivity index (χ2v) is 5.13. The first kappa shape index (κ1) is 14.6. The molecule has 0 radical (unpaired) electrons. The van der Waals surface area contributed by atoms with Gasteiger partial charge in [-0.05, 0) is 24.8 Å². The van der Waals surface area contributed by atoms with Crippen LogP contribution in [0.3, 0.4) is 0 Å². The molecule has 1 aromatic carbocycles. The largest absolute Gasteiger partial charge is 0.417 e. The number of ketones is 1. The van der Waals surface area contributed by atoms with Crippen LogP contribution in [0.4, 0.5) is 13.2 Å². The van der Waals surface area contributed by atoms with Crippen molar-refractivity contribution in [2.45, 2.75) is 22.8 Å². The van der Waals surface area contributed by atoms with Crippen molar-refractivity contribution in [3.05, 3.63) is 29.3 Å². The molecule has 6 heteroatoms. The van der Waals surface area contributed by atoms with Crippen LogP contribution in [0.25, 0.3) is 0 Å². The van der Waals surface area contributed by atoms with Gasteiger partial charge in [0.2, 0.25) is 0 Å². The number of alkyl halides is 4. The van der Waals surface area contributed by atoms with E-state index in [2.05, 4.69) is 15.9 Å².